The van der Waals surface area contributed by atoms with Gasteiger partial charge in [-0.2, -0.15) is 0 Å². The van der Waals surface area contributed by atoms with E-state index in [9.17, 15) is 0 Å². The van der Waals surface area contributed by atoms with Gasteiger partial charge in [-0.05, 0) is 26.9 Å². The second-order valence-electron chi connectivity index (χ2n) is 4.64. The molecule has 1 atom stereocenters. The number of rotatable bonds is 2. The van der Waals surface area contributed by atoms with E-state index in [4.69, 9.17) is 4.74 Å². The maximum Gasteiger partial charge on any atom is 0.0630 e. The van der Waals surface area contributed by atoms with Crippen LogP contribution >= 0.6 is 0 Å². The number of ether oxygens (including phenoxy) is 1. The molecule has 2 fully saturated rings. The number of methoxy groups -OCH3 is 1. The fraction of sp³-hybridized carbons (Fsp3) is 1.00. The van der Waals surface area contributed by atoms with E-state index in [1.54, 1.807) is 7.11 Å². The maximum atomic E-state index is 5.25. The summed E-state index contributed by atoms with van der Waals surface area (Å²) in [7, 11) is 6.27. The molecule has 1 unspecified atom stereocenters. The highest BCUT2D eigenvalue weighted by Gasteiger charge is 2.51. The molecule has 0 aromatic heterocycles. The minimum Gasteiger partial charge on any atom is -0.383 e. The van der Waals surface area contributed by atoms with Crippen LogP contribution in [0.1, 0.15) is 12.8 Å². The molecule has 0 aromatic rings. The van der Waals surface area contributed by atoms with E-state index in [1.807, 2.05) is 0 Å². The molecular weight excluding hydrogens is 164 g/mol. The van der Waals surface area contributed by atoms with Crippen LogP contribution in [0.5, 0.6) is 0 Å². The molecule has 13 heavy (non-hydrogen) atoms. The summed E-state index contributed by atoms with van der Waals surface area (Å²) in [4.78, 5) is 4.98. The highest BCUT2D eigenvalue weighted by Crippen LogP contribution is 2.44. The monoisotopic (exact) mass is 184 g/mol. The van der Waals surface area contributed by atoms with Crippen molar-refractivity contribution in [2.75, 3.05) is 40.9 Å². The molecule has 1 saturated carbocycles. The van der Waals surface area contributed by atoms with Crippen molar-refractivity contribution in [3.8, 4) is 0 Å². The van der Waals surface area contributed by atoms with Crippen molar-refractivity contribution < 1.29 is 4.74 Å². The summed E-state index contributed by atoms with van der Waals surface area (Å²) in [6.45, 7) is 3.25. The Kier molecular flexibility index (Phi) is 2.34. The molecule has 1 heterocycles. The number of likely N-dealkylation sites (N-methyl/N-ethyl adjacent to an activating group) is 2. The van der Waals surface area contributed by atoms with Gasteiger partial charge < -0.3 is 9.64 Å². The van der Waals surface area contributed by atoms with Crippen molar-refractivity contribution >= 4 is 0 Å². The van der Waals surface area contributed by atoms with Gasteiger partial charge in [-0.15, -0.1) is 0 Å². The van der Waals surface area contributed by atoms with Crippen LogP contribution < -0.4 is 0 Å². The smallest absolute Gasteiger partial charge is 0.0630 e. The summed E-state index contributed by atoms with van der Waals surface area (Å²) in [5.74, 6) is 0. The molecule has 0 aromatic carbocycles. The zero-order chi connectivity index (χ0) is 9.47. The number of piperazine rings is 1. The van der Waals surface area contributed by atoms with Crippen LogP contribution in [-0.2, 0) is 4.74 Å². The van der Waals surface area contributed by atoms with Crippen molar-refractivity contribution in [1.29, 1.82) is 0 Å². The lowest BCUT2D eigenvalue weighted by Crippen LogP contribution is -2.59. The molecule has 0 amide bonds. The molecule has 0 N–H and O–H groups in total. The Labute approximate surface area is 80.6 Å². The summed E-state index contributed by atoms with van der Waals surface area (Å²) >= 11 is 0. The van der Waals surface area contributed by atoms with Gasteiger partial charge in [0.05, 0.1) is 6.61 Å². The molecule has 1 aliphatic heterocycles. The Morgan fingerprint density at radius 2 is 2.08 bits per heavy atom. The van der Waals surface area contributed by atoms with E-state index in [0.717, 1.165) is 13.2 Å². The number of hydrogen-bond donors (Lipinski definition) is 0. The predicted octanol–water partition coefficient (Wildman–Crippen LogP) is 0.411. The van der Waals surface area contributed by atoms with Crippen LogP contribution in [0, 0.1) is 0 Å². The molecule has 1 saturated heterocycles. The Bertz CT molecular complexity index is 191. The molecular formula is C10H20N2O. The lowest BCUT2D eigenvalue weighted by molar-refractivity contribution is 0.00255. The number of hydrogen-bond acceptors (Lipinski definition) is 3. The van der Waals surface area contributed by atoms with Gasteiger partial charge in [0.2, 0.25) is 0 Å². The summed E-state index contributed by atoms with van der Waals surface area (Å²) in [5.41, 5.74) is 0.510. The molecule has 76 valence electrons. The minimum absolute atomic E-state index is 0.510. The largest absolute Gasteiger partial charge is 0.383 e. The maximum absolute atomic E-state index is 5.25. The van der Waals surface area contributed by atoms with Gasteiger partial charge in [0.1, 0.15) is 0 Å². The molecule has 2 rings (SSSR count). The quantitative estimate of drug-likeness (QED) is 0.618. The molecule has 3 heteroatoms. The van der Waals surface area contributed by atoms with Gasteiger partial charge in [-0.3, -0.25) is 4.90 Å². The van der Waals surface area contributed by atoms with E-state index in [0.29, 0.717) is 11.6 Å². The Balaban J connectivity index is 2.02. The molecule has 1 spiro atoms. The lowest BCUT2D eigenvalue weighted by Gasteiger charge is -2.44. The summed E-state index contributed by atoms with van der Waals surface area (Å²) in [5, 5.41) is 0. The fourth-order valence-electron chi connectivity index (χ4n) is 2.56. The summed E-state index contributed by atoms with van der Waals surface area (Å²) in [6.07, 6.45) is 2.74. The van der Waals surface area contributed by atoms with Gasteiger partial charge in [-0.1, -0.05) is 0 Å². The van der Waals surface area contributed by atoms with E-state index in [2.05, 4.69) is 23.9 Å². The molecule has 3 nitrogen and oxygen atoms in total. The third-order valence-electron chi connectivity index (χ3n) is 3.57. The minimum atomic E-state index is 0.510. The second-order valence-corrected chi connectivity index (χ2v) is 4.64. The van der Waals surface area contributed by atoms with Crippen LogP contribution in [0.2, 0.25) is 0 Å². The molecule has 0 bridgehead atoms. The van der Waals surface area contributed by atoms with Crippen molar-refractivity contribution in [2.24, 2.45) is 0 Å². The lowest BCUT2D eigenvalue weighted by atomic mass is 10.1. The number of nitrogens with zero attached hydrogens (tertiary/aromatic N) is 2. The fourth-order valence-corrected chi connectivity index (χ4v) is 2.56. The zero-order valence-corrected chi connectivity index (χ0v) is 8.92. The first-order valence-corrected chi connectivity index (χ1v) is 5.08. The zero-order valence-electron chi connectivity index (χ0n) is 8.92. The Morgan fingerprint density at radius 3 is 2.62 bits per heavy atom. The summed E-state index contributed by atoms with van der Waals surface area (Å²) < 4.78 is 5.25. The molecule has 2 aliphatic rings. The first kappa shape index (κ1) is 9.44. The van der Waals surface area contributed by atoms with Gasteiger partial charge >= 0.3 is 0 Å². The first-order valence-electron chi connectivity index (χ1n) is 5.08. The van der Waals surface area contributed by atoms with E-state index in [1.165, 1.54) is 19.4 Å². The first-order chi connectivity index (χ1) is 6.18. The van der Waals surface area contributed by atoms with Crippen molar-refractivity contribution in [3.63, 3.8) is 0 Å². The van der Waals surface area contributed by atoms with Crippen LogP contribution in [-0.4, -0.2) is 62.3 Å². The van der Waals surface area contributed by atoms with E-state index >= 15 is 0 Å². The van der Waals surface area contributed by atoms with Crippen LogP contribution in [0.4, 0.5) is 0 Å². The van der Waals surface area contributed by atoms with E-state index in [-0.39, 0.29) is 0 Å². The Morgan fingerprint density at radius 1 is 1.38 bits per heavy atom. The topological polar surface area (TPSA) is 15.7 Å². The second kappa shape index (κ2) is 3.23. The van der Waals surface area contributed by atoms with Crippen molar-refractivity contribution in [3.05, 3.63) is 0 Å². The van der Waals surface area contributed by atoms with Gasteiger partial charge in [0, 0.05) is 31.8 Å². The summed E-state index contributed by atoms with van der Waals surface area (Å²) in [6, 6.07) is 0.589. The third-order valence-corrected chi connectivity index (χ3v) is 3.57. The van der Waals surface area contributed by atoms with Gasteiger partial charge in [-0.25, -0.2) is 0 Å². The third kappa shape index (κ3) is 1.60. The average molecular weight is 184 g/mol. The SMILES string of the molecule is COCC1CN(C)CC2(CC2)N1C. The van der Waals surface area contributed by atoms with Crippen molar-refractivity contribution in [2.45, 2.75) is 24.4 Å². The highest BCUT2D eigenvalue weighted by molar-refractivity contribution is 5.09. The van der Waals surface area contributed by atoms with Crippen LogP contribution in [0.3, 0.4) is 0 Å². The van der Waals surface area contributed by atoms with Gasteiger partial charge in [0.15, 0.2) is 0 Å². The predicted molar refractivity (Wildman–Crippen MR) is 52.9 cm³/mol. The average Bonchev–Trinajstić information content (AvgIpc) is 2.81. The van der Waals surface area contributed by atoms with Crippen LogP contribution in [0.15, 0.2) is 0 Å². The van der Waals surface area contributed by atoms with Gasteiger partial charge in [0.25, 0.3) is 0 Å². The van der Waals surface area contributed by atoms with Crippen molar-refractivity contribution in [1.82, 2.24) is 9.80 Å². The normalized spacial score (nSPS) is 33.9. The standard InChI is InChI=1S/C10H20N2O/c1-11-6-9(7-13-3)12(2)10(8-11)4-5-10/h9H,4-8H2,1-3H3. The van der Waals surface area contributed by atoms with E-state index < -0.39 is 0 Å². The molecule has 0 radical (unpaired) electrons. The Hall–Kier alpha value is -0.120. The molecule has 1 aliphatic carbocycles. The highest BCUT2D eigenvalue weighted by atomic mass is 16.5. The van der Waals surface area contributed by atoms with Crippen LogP contribution in [0.25, 0.3) is 0 Å².